The number of amides is 1. The number of nitrogens with zero attached hydrogens (tertiary/aromatic N) is 3. The molecule has 0 saturated carbocycles. The average molecular weight is 379 g/mol. The van der Waals surface area contributed by atoms with E-state index in [9.17, 15) is 4.79 Å². The van der Waals surface area contributed by atoms with Gasteiger partial charge in [0, 0.05) is 32.0 Å². The van der Waals surface area contributed by atoms with Crippen LogP contribution < -0.4 is 10.1 Å². The average Bonchev–Trinajstić information content (AvgIpc) is 3.34. The number of carbonyl (C=O) groups is 1. The molecular formula is C21H25N5O2. The van der Waals surface area contributed by atoms with Crippen molar-refractivity contribution >= 4 is 11.6 Å². The second kappa shape index (κ2) is 7.90. The summed E-state index contributed by atoms with van der Waals surface area (Å²) in [6.07, 6.45) is 4.28. The van der Waals surface area contributed by atoms with E-state index in [4.69, 9.17) is 4.74 Å². The maximum absolute atomic E-state index is 12.5. The fraction of sp³-hybridized carbons (Fsp3) is 0.333. The topological polar surface area (TPSA) is 75.2 Å². The number of benzene rings is 1. The minimum Gasteiger partial charge on any atom is -0.490 e. The van der Waals surface area contributed by atoms with Gasteiger partial charge in [0.2, 0.25) is 0 Å². The molecule has 0 bridgehead atoms. The fourth-order valence-electron chi connectivity index (χ4n) is 3.41. The number of carbonyl (C=O) groups excluding carboxylic acids is 1. The van der Waals surface area contributed by atoms with Crippen LogP contribution in [0.25, 0.3) is 11.4 Å². The molecule has 7 nitrogen and oxygen atoms in total. The molecule has 1 aliphatic heterocycles. The van der Waals surface area contributed by atoms with Crippen molar-refractivity contribution in [3.63, 3.8) is 0 Å². The van der Waals surface area contributed by atoms with Gasteiger partial charge in [-0.2, -0.15) is 5.10 Å². The third-order valence-electron chi connectivity index (χ3n) is 5.11. The first-order chi connectivity index (χ1) is 13.6. The Kier molecular flexibility index (Phi) is 5.16. The van der Waals surface area contributed by atoms with Crippen LogP contribution in [-0.2, 0) is 7.05 Å². The summed E-state index contributed by atoms with van der Waals surface area (Å²) < 4.78 is 8.01. The second-order valence-corrected chi connectivity index (χ2v) is 7.27. The highest BCUT2D eigenvalue weighted by Gasteiger charge is 2.18. The zero-order chi connectivity index (χ0) is 19.5. The van der Waals surface area contributed by atoms with Crippen molar-refractivity contribution in [2.24, 2.45) is 7.05 Å². The molecule has 1 fully saturated rings. The van der Waals surface area contributed by atoms with E-state index in [2.05, 4.69) is 27.5 Å². The third kappa shape index (κ3) is 4.09. The summed E-state index contributed by atoms with van der Waals surface area (Å²) in [4.78, 5) is 14.8. The number of hydrogen-bond acceptors (Lipinski definition) is 4. The Morgan fingerprint density at radius 1 is 1.18 bits per heavy atom. The van der Waals surface area contributed by atoms with Gasteiger partial charge < -0.3 is 19.5 Å². The van der Waals surface area contributed by atoms with Crippen LogP contribution in [0.15, 0.2) is 48.7 Å². The van der Waals surface area contributed by atoms with Gasteiger partial charge in [0.1, 0.15) is 23.2 Å². The maximum Gasteiger partial charge on any atom is 0.273 e. The Bertz CT molecular complexity index is 936. The molecular weight excluding hydrogens is 354 g/mol. The van der Waals surface area contributed by atoms with E-state index < -0.39 is 0 Å². The number of aromatic nitrogens is 3. The monoisotopic (exact) mass is 379 g/mol. The quantitative estimate of drug-likeness (QED) is 0.714. The summed E-state index contributed by atoms with van der Waals surface area (Å²) in [6.45, 7) is 2.13. The minimum absolute atomic E-state index is 0.225. The first kappa shape index (κ1) is 18.3. The summed E-state index contributed by atoms with van der Waals surface area (Å²) in [5.41, 5.74) is 2.82. The van der Waals surface area contributed by atoms with E-state index in [-0.39, 0.29) is 12.0 Å². The molecule has 0 atom stereocenters. The molecule has 0 unspecified atom stereocenters. The van der Waals surface area contributed by atoms with Gasteiger partial charge >= 0.3 is 0 Å². The Labute approximate surface area is 164 Å². The summed E-state index contributed by atoms with van der Waals surface area (Å²) in [6, 6.07) is 13.2. The molecule has 0 spiro atoms. The molecule has 1 saturated heterocycles. The van der Waals surface area contributed by atoms with Crippen LogP contribution in [0.1, 0.15) is 23.3 Å². The number of piperidine rings is 1. The van der Waals surface area contributed by atoms with Crippen molar-refractivity contribution in [2.75, 3.05) is 25.5 Å². The fourth-order valence-corrected chi connectivity index (χ4v) is 3.41. The Balaban J connectivity index is 1.36. The van der Waals surface area contributed by atoms with Crippen molar-refractivity contribution < 1.29 is 9.53 Å². The predicted molar refractivity (Wildman–Crippen MR) is 109 cm³/mol. The second-order valence-electron chi connectivity index (χ2n) is 7.27. The molecule has 28 heavy (non-hydrogen) atoms. The summed E-state index contributed by atoms with van der Waals surface area (Å²) in [5.74, 6) is 0.608. The highest BCUT2D eigenvalue weighted by atomic mass is 16.5. The summed E-state index contributed by atoms with van der Waals surface area (Å²) >= 11 is 0. The Hall–Kier alpha value is -3.06. The van der Waals surface area contributed by atoms with Gasteiger partial charge in [0.15, 0.2) is 0 Å². The highest BCUT2D eigenvalue weighted by Crippen LogP contribution is 2.22. The highest BCUT2D eigenvalue weighted by molar-refractivity contribution is 6.03. The standard InChI is InChI=1S/C21H25N5O2/c1-25-12-9-17(10-13-25)28-16-7-5-15(6-8-16)22-21(27)19-14-18(23-24-19)20-4-3-11-26(20)2/h3-8,11,14,17H,9-10,12-13H2,1-2H3,(H,22,27)(H,23,24). The van der Waals surface area contributed by atoms with Gasteiger partial charge in [-0.25, -0.2) is 0 Å². The van der Waals surface area contributed by atoms with Crippen LogP contribution >= 0.6 is 0 Å². The Morgan fingerprint density at radius 3 is 2.61 bits per heavy atom. The van der Waals surface area contributed by atoms with E-state index >= 15 is 0 Å². The van der Waals surface area contributed by atoms with E-state index in [1.165, 1.54) is 0 Å². The van der Waals surface area contributed by atoms with Gasteiger partial charge in [0.05, 0.1) is 5.69 Å². The van der Waals surface area contributed by atoms with Crippen LogP contribution in [0.4, 0.5) is 5.69 Å². The van der Waals surface area contributed by atoms with Crippen molar-refractivity contribution in [2.45, 2.75) is 18.9 Å². The molecule has 3 heterocycles. The molecule has 2 N–H and O–H groups in total. The van der Waals surface area contributed by atoms with Crippen LogP contribution in [0.3, 0.4) is 0 Å². The normalized spacial score (nSPS) is 15.5. The molecule has 146 valence electrons. The number of H-pyrrole nitrogens is 1. The van der Waals surface area contributed by atoms with E-state index in [1.54, 1.807) is 6.07 Å². The van der Waals surface area contributed by atoms with E-state index in [0.29, 0.717) is 5.69 Å². The SMILES string of the molecule is CN1CCC(Oc2ccc(NC(=O)c3cc(-c4cccn4C)n[nH]3)cc2)CC1. The van der Waals surface area contributed by atoms with Gasteiger partial charge in [-0.3, -0.25) is 9.89 Å². The molecule has 1 aromatic carbocycles. The zero-order valence-corrected chi connectivity index (χ0v) is 16.2. The Morgan fingerprint density at radius 2 is 1.93 bits per heavy atom. The lowest BCUT2D eigenvalue weighted by atomic mass is 10.1. The molecule has 0 aliphatic carbocycles. The zero-order valence-electron chi connectivity index (χ0n) is 16.2. The van der Waals surface area contributed by atoms with Crippen LogP contribution in [0, 0.1) is 0 Å². The number of aromatic amines is 1. The first-order valence-corrected chi connectivity index (χ1v) is 9.52. The summed E-state index contributed by atoms with van der Waals surface area (Å²) in [7, 11) is 4.08. The van der Waals surface area contributed by atoms with Crippen LogP contribution in [0.5, 0.6) is 5.75 Å². The van der Waals surface area contributed by atoms with Crippen molar-refractivity contribution in [1.82, 2.24) is 19.7 Å². The molecule has 3 aromatic rings. The first-order valence-electron chi connectivity index (χ1n) is 9.52. The lowest BCUT2D eigenvalue weighted by molar-refractivity contribution is 0.102. The van der Waals surface area contributed by atoms with Crippen LogP contribution in [0.2, 0.25) is 0 Å². The predicted octanol–water partition coefficient (Wildman–Crippen LogP) is 3.14. The number of hydrogen-bond donors (Lipinski definition) is 2. The number of aryl methyl sites for hydroxylation is 1. The number of likely N-dealkylation sites (tertiary alicyclic amines) is 1. The number of ether oxygens (including phenoxy) is 1. The molecule has 1 aliphatic rings. The van der Waals surface area contributed by atoms with Crippen molar-refractivity contribution in [3.05, 3.63) is 54.4 Å². The van der Waals surface area contributed by atoms with E-state index in [1.807, 2.05) is 54.2 Å². The smallest absolute Gasteiger partial charge is 0.273 e. The molecule has 4 rings (SSSR count). The number of rotatable bonds is 5. The maximum atomic E-state index is 12.5. The molecule has 7 heteroatoms. The number of anilines is 1. The van der Waals surface area contributed by atoms with Crippen LogP contribution in [-0.4, -0.2) is 51.8 Å². The van der Waals surface area contributed by atoms with Crippen molar-refractivity contribution in [3.8, 4) is 17.1 Å². The lowest BCUT2D eigenvalue weighted by Gasteiger charge is -2.29. The molecule has 2 aromatic heterocycles. The molecule has 1 amide bonds. The van der Waals surface area contributed by atoms with Gasteiger partial charge in [-0.05, 0) is 62.4 Å². The third-order valence-corrected chi connectivity index (χ3v) is 5.11. The molecule has 0 radical (unpaired) electrons. The minimum atomic E-state index is -0.225. The van der Waals surface area contributed by atoms with Gasteiger partial charge in [-0.1, -0.05) is 0 Å². The summed E-state index contributed by atoms with van der Waals surface area (Å²) in [5, 5.41) is 9.93. The van der Waals surface area contributed by atoms with Gasteiger partial charge in [-0.15, -0.1) is 0 Å². The lowest BCUT2D eigenvalue weighted by Crippen LogP contribution is -2.35. The number of nitrogens with one attached hydrogen (secondary N) is 2. The van der Waals surface area contributed by atoms with Crippen molar-refractivity contribution in [1.29, 1.82) is 0 Å². The van der Waals surface area contributed by atoms with E-state index in [0.717, 1.165) is 48.8 Å². The van der Waals surface area contributed by atoms with Gasteiger partial charge in [0.25, 0.3) is 5.91 Å². The largest absolute Gasteiger partial charge is 0.490 e.